The first-order valence-corrected chi connectivity index (χ1v) is 10.3. The number of aromatic nitrogens is 5. The van der Waals surface area contributed by atoms with Gasteiger partial charge in [-0.05, 0) is 37.5 Å². The number of ether oxygens (including phenoxy) is 1. The quantitative estimate of drug-likeness (QED) is 0.609. The number of anilines is 1. The number of H-pyrrole nitrogens is 1. The third kappa shape index (κ3) is 3.17. The van der Waals surface area contributed by atoms with E-state index in [1.165, 1.54) is 13.3 Å². The van der Waals surface area contributed by atoms with Crippen molar-refractivity contribution in [2.24, 2.45) is 17.8 Å². The van der Waals surface area contributed by atoms with E-state index in [1.807, 2.05) is 0 Å². The summed E-state index contributed by atoms with van der Waals surface area (Å²) in [6, 6.07) is -0.223. The highest BCUT2D eigenvalue weighted by atomic mass is 35.5. The molecule has 3 aliphatic carbocycles. The molecule has 3 saturated carbocycles. The Balaban J connectivity index is 1.50. The first-order valence-electron chi connectivity index (χ1n) is 9.92. The zero-order valence-corrected chi connectivity index (χ0v) is 17.0. The van der Waals surface area contributed by atoms with E-state index >= 15 is 0 Å². The van der Waals surface area contributed by atoms with Crippen LogP contribution in [-0.2, 0) is 9.53 Å². The number of esters is 1. The molecule has 10 heteroatoms. The molecule has 0 spiro atoms. The zero-order valence-electron chi connectivity index (χ0n) is 16.2. The average molecular weight is 431 g/mol. The van der Waals surface area contributed by atoms with E-state index in [2.05, 4.69) is 30.2 Å². The van der Waals surface area contributed by atoms with Gasteiger partial charge in [0.25, 0.3) is 0 Å². The summed E-state index contributed by atoms with van der Waals surface area (Å²) in [7, 11) is 1.40. The van der Waals surface area contributed by atoms with Crippen LogP contribution in [0.15, 0.2) is 18.6 Å². The Morgan fingerprint density at radius 2 is 1.97 bits per heavy atom. The second-order valence-electron chi connectivity index (χ2n) is 7.88. The highest BCUT2D eigenvalue weighted by Crippen LogP contribution is 2.46. The monoisotopic (exact) mass is 430 g/mol. The van der Waals surface area contributed by atoms with Gasteiger partial charge in [-0.1, -0.05) is 11.6 Å². The Bertz CT molecular complexity index is 1110. The molecule has 0 saturated heterocycles. The molecular weight excluding hydrogens is 411 g/mol. The number of methoxy groups -OCH3 is 1. The summed E-state index contributed by atoms with van der Waals surface area (Å²) in [4.78, 5) is 32.4. The first-order chi connectivity index (χ1) is 14.5. The van der Waals surface area contributed by atoms with Gasteiger partial charge >= 0.3 is 5.97 Å². The topological polar surface area (TPSA) is 106 Å². The Labute approximate surface area is 176 Å². The fraction of sp³-hybridized carbons (Fsp3) is 0.450. The molecule has 0 aromatic carbocycles. The van der Waals surface area contributed by atoms with Crippen LogP contribution < -0.4 is 5.32 Å². The van der Waals surface area contributed by atoms with Crippen molar-refractivity contribution < 1.29 is 13.9 Å². The minimum Gasteiger partial charge on any atom is -0.469 e. The van der Waals surface area contributed by atoms with E-state index in [9.17, 15) is 9.18 Å². The van der Waals surface area contributed by atoms with Gasteiger partial charge in [0.05, 0.1) is 31.0 Å². The number of rotatable bonds is 4. The maximum atomic E-state index is 14.6. The van der Waals surface area contributed by atoms with E-state index in [0.717, 1.165) is 31.9 Å². The maximum Gasteiger partial charge on any atom is 0.311 e. The molecule has 3 fully saturated rings. The third-order valence-electron chi connectivity index (χ3n) is 6.33. The number of carbonyl (C=O) groups is 1. The highest BCUT2D eigenvalue weighted by Gasteiger charge is 2.48. The first kappa shape index (κ1) is 19.2. The van der Waals surface area contributed by atoms with Crippen molar-refractivity contribution in [1.82, 2.24) is 24.9 Å². The summed E-state index contributed by atoms with van der Waals surface area (Å²) in [5.41, 5.74) is 1.61. The van der Waals surface area contributed by atoms with Crippen LogP contribution in [0.25, 0.3) is 22.6 Å². The maximum absolute atomic E-state index is 14.6. The Morgan fingerprint density at radius 3 is 2.73 bits per heavy atom. The van der Waals surface area contributed by atoms with Crippen molar-refractivity contribution in [3.63, 3.8) is 0 Å². The van der Waals surface area contributed by atoms with Crippen molar-refractivity contribution in [3.05, 3.63) is 29.6 Å². The van der Waals surface area contributed by atoms with Gasteiger partial charge in [0.2, 0.25) is 0 Å². The molecule has 2 N–H and O–H groups in total. The second-order valence-corrected chi connectivity index (χ2v) is 8.26. The Kier molecular flexibility index (Phi) is 4.77. The van der Waals surface area contributed by atoms with Gasteiger partial charge < -0.3 is 15.0 Å². The standard InChI is InChI=1S/C20H20ClFN6O2/c1-30-20(29)14-9-2-4-10(5-3-9)15(14)27-18-12(22)7-24-17(28-18)11-6-23-19-16(11)26-13(21)8-25-19/h6-10,14-15H,2-5H2,1H3,(H,23,25)(H,24,27,28)/t9?,10?,14-,15?/m0/s1. The number of aromatic amines is 1. The Morgan fingerprint density at radius 1 is 1.20 bits per heavy atom. The van der Waals surface area contributed by atoms with Gasteiger partial charge in [0.15, 0.2) is 23.1 Å². The molecule has 3 aromatic heterocycles. The van der Waals surface area contributed by atoms with Crippen LogP contribution in [0.1, 0.15) is 25.7 Å². The summed E-state index contributed by atoms with van der Waals surface area (Å²) in [5, 5.41) is 3.45. The van der Waals surface area contributed by atoms with Crippen LogP contribution >= 0.6 is 11.6 Å². The van der Waals surface area contributed by atoms with Crippen LogP contribution in [-0.4, -0.2) is 44.0 Å². The van der Waals surface area contributed by atoms with Crippen LogP contribution in [0.2, 0.25) is 5.15 Å². The van der Waals surface area contributed by atoms with Crippen molar-refractivity contribution in [1.29, 1.82) is 0 Å². The number of hydrogen-bond donors (Lipinski definition) is 2. The summed E-state index contributed by atoms with van der Waals surface area (Å²) >= 11 is 5.97. The summed E-state index contributed by atoms with van der Waals surface area (Å²) in [6.07, 6.45) is 8.23. The molecule has 0 aliphatic heterocycles. The van der Waals surface area contributed by atoms with Gasteiger partial charge in [0, 0.05) is 12.2 Å². The average Bonchev–Trinajstić information content (AvgIpc) is 3.18. The van der Waals surface area contributed by atoms with Crippen LogP contribution in [0.3, 0.4) is 0 Å². The van der Waals surface area contributed by atoms with E-state index in [1.54, 1.807) is 6.20 Å². The molecular formula is C20H20ClFN6O2. The van der Waals surface area contributed by atoms with Gasteiger partial charge in [-0.2, -0.15) is 0 Å². The van der Waals surface area contributed by atoms with Crippen molar-refractivity contribution in [2.45, 2.75) is 31.7 Å². The van der Waals surface area contributed by atoms with Gasteiger partial charge in [-0.3, -0.25) is 4.79 Å². The summed E-state index contributed by atoms with van der Waals surface area (Å²) in [5.74, 6) is -0.262. The minimum atomic E-state index is -0.576. The van der Waals surface area contributed by atoms with Crippen LogP contribution in [0.4, 0.5) is 10.2 Å². The number of fused-ring (bicyclic) bond motifs is 4. The minimum absolute atomic E-state index is 0.0655. The molecule has 3 aliphatic rings. The van der Waals surface area contributed by atoms with E-state index in [0.29, 0.717) is 16.7 Å². The van der Waals surface area contributed by atoms with E-state index in [-0.39, 0.29) is 46.6 Å². The molecule has 30 heavy (non-hydrogen) atoms. The number of halogens is 2. The van der Waals surface area contributed by atoms with Crippen LogP contribution in [0.5, 0.6) is 0 Å². The molecule has 0 amide bonds. The van der Waals surface area contributed by atoms with Crippen molar-refractivity contribution in [2.75, 3.05) is 12.4 Å². The summed E-state index contributed by atoms with van der Waals surface area (Å²) < 4.78 is 19.7. The van der Waals surface area contributed by atoms with Crippen LogP contribution in [0, 0.1) is 23.6 Å². The van der Waals surface area contributed by atoms with E-state index in [4.69, 9.17) is 16.3 Å². The fourth-order valence-corrected chi connectivity index (χ4v) is 5.06. The predicted octanol–water partition coefficient (Wildman–Crippen LogP) is 3.60. The lowest BCUT2D eigenvalue weighted by Gasteiger charge is -2.47. The molecule has 156 valence electrons. The Hall–Kier alpha value is -2.81. The highest BCUT2D eigenvalue weighted by molar-refractivity contribution is 6.29. The number of nitrogens with one attached hydrogen (secondary N) is 2. The van der Waals surface area contributed by atoms with Gasteiger partial charge in [-0.25, -0.2) is 24.3 Å². The molecule has 0 radical (unpaired) electrons. The molecule has 3 aromatic rings. The predicted molar refractivity (Wildman–Crippen MR) is 108 cm³/mol. The van der Waals surface area contributed by atoms with E-state index < -0.39 is 5.82 Å². The van der Waals surface area contributed by atoms with Crippen molar-refractivity contribution >= 4 is 34.6 Å². The number of nitrogens with zero attached hydrogens (tertiary/aromatic N) is 4. The molecule has 2 bridgehead atoms. The molecule has 3 heterocycles. The smallest absolute Gasteiger partial charge is 0.311 e. The van der Waals surface area contributed by atoms with Crippen molar-refractivity contribution in [3.8, 4) is 11.4 Å². The number of carbonyl (C=O) groups excluding carboxylic acids is 1. The largest absolute Gasteiger partial charge is 0.469 e. The molecule has 1 unspecified atom stereocenters. The number of hydrogen-bond acceptors (Lipinski definition) is 7. The van der Waals surface area contributed by atoms with Gasteiger partial charge in [0.1, 0.15) is 10.7 Å². The fourth-order valence-electron chi connectivity index (χ4n) is 4.93. The third-order valence-corrected chi connectivity index (χ3v) is 6.51. The molecule has 2 atom stereocenters. The lowest BCUT2D eigenvalue weighted by atomic mass is 9.61. The molecule has 8 nitrogen and oxygen atoms in total. The van der Waals surface area contributed by atoms with Gasteiger partial charge in [-0.15, -0.1) is 0 Å². The zero-order chi connectivity index (χ0) is 20.8. The summed E-state index contributed by atoms with van der Waals surface area (Å²) in [6.45, 7) is 0. The normalized spacial score (nSPS) is 25.4. The second kappa shape index (κ2) is 7.46. The lowest BCUT2D eigenvalue weighted by molar-refractivity contribution is -0.152. The lowest BCUT2D eigenvalue weighted by Crippen LogP contribution is -2.52. The SMILES string of the molecule is COC(=O)[C@H]1C2CCC(CC2)C1Nc1nc(-c2c[nH]c3ncc(Cl)nc23)ncc1F. The molecule has 6 rings (SSSR count).